The SMILES string of the molecule is COc1cccc(N)c1C(=O)Nc1ccc(Br)c(C)n1. The first-order valence-corrected chi connectivity index (χ1v) is 6.69. The van der Waals surface area contributed by atoms with Crippen LogP contribution >= 0.6 is 15.9 Å². The first kappa shape index (κ1) is 14.3. The molecule has 0 aliphatic rings. The van der Waals surface area contributed by atoms with Crippen molar-refractivity contribution in [1.29, 1.82) is 0 Å². The largest absolute Gasteiger partial charge is 0.496 e. The second kappa shape index (κ2) is 5.92. The number of aromatic nitrogens is 1. The van der Waals surface area contributed by atoms with Crippen LogP contribution in [0.25, 0.3) is 0 Å². The minimum Gasteiger partial charge on any atom is -0.496 e. The van der Waals surface area contributed by atoms with Crippen LogP contribution in [-0.4, -0.2) is 18.0 Å². The number of carbonyl (C=O) groups is 1. The molecule has 0 bridgehead atoms. The van der Waals surface area contributed by atoms with Gasteiger partial charge < -0.3 is 15.8 Å². The Labute approximate surface area is 125 Å². The van der Waals surface area contributed by atoms with E-state index in [1.807, 2.05) is 13.0 Å². The highest BCUT2D eigenvalue weighted by atomic mass is 79.9. The van der Waals surface area contributed by atoms with Crippen LogP contribution in [0.1, 0.15) is 16.1 Å². The molecule has 0 aliphatic heterocycles. The molecule has 6 heteroatoms. The molecule has 0 unspecified atom stereocenters. The molecule has 2 aromatic rings. The van der Waals surface area contributed by atoms with Gasteiger partial charge in [-0.3, -0.25) is 4.79 Å². The van der Waals surface area contributed by atoms with Gasteiger partial charge in [-0.25, -0.2) is 4.98 Å². The van der Waals surface area contributed by atoms with Gasteiger partial charge >= 0.3 is 0 Å². The summed E-state index contributed by atoms with van der Waals surface area (Å²) in [7, 11) is 1.49. The first-order valence-electron chi connectivity index (χ1n) is 5.90. The van der Waals surface area contributed by atoms with E-state index in [-0.39, 0.29) is 5.91 Å². The molecule has 0 atom stereocenters. The highest BCUT2D eigenvalue weighted by Crippen LogP contribution is 2.25. The summed E-state index contributed by atoms with van der Waals surface area (Å²) in [5.74, 6) is 0.534. The first-order chi connectivity index (χ1) is 9.52. The van der Waals surface area contributed by atoms with Crippen molar-refractivity contribution in [3.8, 4) is 5.75 Å². The zero-order valence-electron chi connectivity index (χ0n) is 11.1. The molecule has 104 valence electrons. The number of ether oxygens (including phenoxy) is 1. The number of pyridine rings is 1. The van der Waals surface area contributed by atoms with Crippen LogP contribution in [0.3, 0.4) is 0 Å². The van der Waals surface area contributed by atoms with Crippen molar-refractivity contribution in [3.05, 3.63) is 46.1 Å². The minimum atomic E-state index is -0.353. The van der Waals surface area contributed by atoms with E-state index in [9.17, 15) is 4.79 Å². The standard InChI is InChI=1S/C14H14BrN3O2/c1-8-9(15)6-7-12(17-8)18-14(19)13-10(16)4-3-5-11(13)20-2/h3-7H,16H2,1-2H3,(H,17,18,19). The number of halogens is 1. The fourth-order valence-corrected chi connectivity index (χ4v) is 1.97. The number of nitrogens with zero attached hydrogens (tertiary/aromatic N) is 1. The van der Waals surface area contributed by atoms with Crippen LogP contribution in [0.5, 0.6) is 5.75 Å². The number of nitrogens with two attached hydrogens (primary N) is 1. The summed E-state index contributed by atoms with van der Waals surface area (Å²) in [6.07, 6.45) is 0. The molecule has 0 saturated heterocycles. The van der Waals surface area contributed by atoms with Crippen molar-refractivity contribution in [2.75, 3.05) is 18.2 Å². The number of hydrogen-bond donors (Lipinski definition) is 2. The molecule has 0 fully saturated rings. The summed E-state index contributed by atoms with van der Waals surface area (Å²) in [4.78, 5) is 16.6. The number of amides is 1. The summed E-state index contributed by atoms with van der Waals surface area (Å²) >= 11 is 3.36. The van der Waals surface area contributed by atoms with Crippen molar-refractivity contribution in [3.63, 3.8) is 0 Å². The number of rotatable bonds is 3. The van der Waals surface area contributed by atoms with Crippen LogP contribution < -0.4 is 15.8 Å². The van der Waals surface area contributed by atoms with E-state index in [0.29, 0.717) is 22.8 Å². The molecule has 2 rings (SSSR count). The number of benzene rings is 1. The topological polar surface area (TPSA) is 77.2 Å². The molecule has 20 heavy (non-hydrogen) atoms. The fraction of sp³-hybridized carbons (Fsp3) is 0.143. The van der Waals surface area contributed by atoms with Gasteiger partial charge in [0.05, 0.1) is 12.8 Å². The highest BCUT2D eigenvalue weighted by Gasteiger charge is 2.16. The van der Waals surface area contributed by atoms with Crippen molar-refractivity contribution < 1.29 is 9.53 Å². The molecule has 1 aromatic carbocycles. The number of hydrogen-bond acceptors (Lipinski definition) is 4. The van der Waals surface area contributed by atoms with Crippen LogP contribution in [0.15, 0.2) is 34.8 Å². The third-order valence-corrected chi connectivity index (χ3v) is 3.61. The van der Waals surface area contributed by atoms with Gasteiger partial charge in [-0.05, 0) is 47.1 Å². The van der Waals surface area contributed by atoms with Crippen molar-refractivity contribution in [1.82, 2.24) is 4.98 Å². The van der Waals surface area contributed by atoms with Crippen molar-refractivity contribution in [2.24, 2.45) is 0 Å². The summed E-state index contributed by atoms with van der Waals surface area (Å²) < 4.78 is 6.04. The molecular weight excluding hydrogens is 322 g/mol. The van der Waals surface area contributed by atoms with Crippen LogP contribution in [0, 0.1) is 6.92 Å². The number of methoxy groups -OCH3 is 1. The Morgan fingerprint density at radius 3 is 2.75 bits per heavy atom. The summed E-state index contributed by atoms with van der Waals surface area (Å²) in [6.45, 7) is 1.84. The van der Waals surface area contributed by atoms with E-state index in [1.54, 1.807) is 24.3 Å². The second-order valence-corrected chi connectivity index (χ2v) is 5.00. The quantitative estimate of drug-likeness (QED) is 0.845. The Morgan fingerprint density at radius 2 is 2.10 bits per heavy atom. The van der Waals surface area contributed by atoms with E-state index >= 15 is 0 Å². The molecule has 1 aromatic heterocycles. The molecule has 3 N–H and O–H groups in total. The van der Waals surface area contributed by atoms with E-state index in [2.05, 4.69) is 26.2 Å². The highest BCUT2D eigenvalue weighted by molar-refractivity contribution is 9.10. The van der Waals surface area contributed by atoms with E-state index < -0.39 is 0 Å². The molecule has 0 aliphatic carbocycles. The molecule has 1 amide bonds. The molecule has 5 nitrogen and oxygen atoms in total. The normalized spacial score (nSPS) is 10.2. The van der Waals surface area contributed by atoms with Gasteiger partial charge in [0.25, 0.3) is 5.91 Å². The zero-order chi connectivity index (χ0) is 14.7. The summed E-state index contributed by atoms with van der Waals surface area (Å²) in [5, 5.41) is 2.71. The number of aryl methyl sites for hydroxylation is 1. The van der Waals surface area contributed by atoms with Gasteiger partial charge in [0, 0.05) is 10.2 Å². The van der Waals surface area contributed by atoms with Gasteiger partial charge in [-0.15, -0.1) is 0 Å². The Morgan fingerprint density at radius 1 is 1.35 bits per heavy atom. The summed E-state index contributed by atoms with van der Waals surface area (Å²) in [6, 6.07) is 8.60. The lowest BCUT2D eigenvalue weighted by Gasteiger charge is -2.11. The van der Waals surface area contributed by atoms with Crippen molar-refractivity contribution in [2.45, 2.75) is 6.92 Å². The maximum atomic E-state index is 12.3. The average Bonchev–Trinajstić information content (AvgIpc) is 2.42. The molecular formula is C14H14BrN3O2. The number of anilines is 2. The summed E-state index contributed by atoms with van der Waals surface area (Å²) in [5.41, 5.74) is 7.28. The van der Waals surface area contributed by atoms with Crippen LogP contribution in [0.2, 0.25) is 0 Å². The van der Waals surface area contributed by atoms with Crippen LogP contribution in [0.4, 0.5) is 11.5 Å². The molecule has 1 heterocycles. The third-order valence-electron chi connectivity index (χ3n) is 2.77. The Balaban J connectivity index is 2.30. The minimum absolute atomic E-state index is 0.303. The Kier molecular flexibility index (Phi) is 4.24. The molecule has 0 spiro atoms. The number of nitrogen functional groups attached to an aromatic ring is 1. The molecule has 0 radical (unpaired) electrons. The maximum absolute atomic E-state index is 12.3. The lowest BCUT2D eigenvalue weighted by atomic mass is 10.1. The zero-order valence-corrected chi connectivity index (χ0v) is 12.7. The van der Waals surface area contributed by atoms with E-state index in [0.717, 1.165) is 10.2 Å². The molecule has 0 saturated carbocycles. The van der Waals surface area contributed by atoms with Gasteiger partial charge in [0.2, 0.25) is 0 Å². The van der Waals surface area contributed by atoms with E-state index in [1.165, 1.54) is 7.11 Å². The number of carbonyl (C=O) groups excluding carboxylic acids is 1. The fourth-order valence-electron chi connectivity index (χ4n) is 1.75. The maximum Gasteiger partial charge on any atom is 0.262 e. The van der Waals surface area contributed by atoms with Crippen LogP contribution in [-0.2, 0) is 0 Å². The lowest BCUT2D eigenvalue weighted by molar-refractivity contribution is 0.102. The predicted octanol–water partition coefficient (Wildman–Crippen LogP) is 3.00. The number of nitrogens with one attached hydrogen (secondary N) is 1. The lowest BCUT2D eigenvalue weighted by Crippen LogP contribution is -2.16. The van der Waals surface area contributed by atoms with Gasteiger partial charge in [0.15, 0.2) is 0 Å². The van der Waals surface area contributed by atoms with Gasteiger partial charge in [-0.1, -0.05) is 6.07 Å². The monoisotopic (exact) mass is 335 g/mol. The Bertz CT molecular complexity index is 659. The Hall–Kier alpha value is -2.08. The average molecular weight is 336 g/mol. The van der Waals surface area contributed by atoms with E-state index in [4.69, 9.17) is 10.5 Å². The van der Waals surface area contributed by atoms with Gasteiger partial charge in [0.1, 0.15) is 17.1 Å². The van der Waals surface area contributed by atoms with Crippen molar-refractivity contribution >= 4 is 33.3 Å². The smallest absolute Gasteiger partial charge is 0.262 e. The van der Waals surface area contributed by atoms with Gasteiger partial charge in [-0.2, -0.15) is 0 Å². The predicted molar refractivity (Wildman–Crippen MR) is 82.0 cm³/mol. The second-order valence-electron chi connectivity index (χ2n) is 4.14. The third kappa shape index (κ3) is 2.91.